The first-order valence-corrected chi connectivity index (χ1v) is 6.45. The minimum absolute atomic E-state index is 0.0193. The van der Waals surface area contributed by atoms with Gasteiger partial charge in [-0.1, -0.05) is 12.1 Å². The van der Waals surface area contributed by atoms with Gasteiger partial charge in [-0.05, 0) is 26.0 Å². The first-order valence-electron chi connectivity index (χ1n) is 6.45. The molecule has 0 amide bonds. The Morgan fingerprint density at radius 2 is 2.11 bits per heavy atom. The lowest BCUT2D eigenvalue weighted by Gasteiger charge is -2.45. The van der Waals surface area contributed by atoms with Crippen LogP contribution in [0.15, 0.2) is 24.3 Å². The molecule has 0 aliphatic carbocycles. The molecule has 1 fully saturated rings. The SMILES string of the molecule is CC1(C)CN(c2ccccc2C#N)C(CC#N)CN1. The zero-order chi connectivity index (χ0) is 13.9. The molecule has 19 heavy (non-hydrogen) atoms. The topological polar surface area (TPSA) is 62.9 Å². The average molecular weight is 254 g/mol. The van der Waals surface area contributed by atoms with Gasteiger partial charge < -0.3 is 10.2 Å². The van der Waals surface area contributed by atoms with E-state index in [9.17, 15) is 5.26 Å². The summed E-state index contributed by atoms with van der Waals surface area (Å²) < 4.78 is 0. The van der Waals surface area contributed by atoms with E-state index in [4.69, 9.17) is 5.26 Å². The van der Waals surface area contributed by atoms with E-state index in [1.165, 1.54) is 0 Å². The van der Waals surface area contributed by atoms with E-state index in [1.54, 1.807) is 0 Å². The molecule has 98 valence electrons. The molecule has 2 rings (SSSR count). The highest BCUT2D eigenvalue weighted by molar-refractivity contribution is 5.60. The fourth-order valence-electron chi connectivity index (χ4n) is 2.50. The van der Waals surface area contributed by atoms with Crippen molar-refractivity contribution in [1.82, 2.24) is 5.32 Å². The van der Waals surface area contributed by atoms with Crippen molar-refractivity contribution in [3.05, 3.63) is 29.8 Å². The van der Waals surface area contributed by atoms with Crippen molar-refractivity contribution in [2.45, 2.75) is 31.8 Å². The largest absolute Gasteiger partial charge is 0.363 e. The van der Waals surface area contributed by atoms with Gasteiger partial charge in [0.1, 0.15) is 6.07 Å². The van der Waals surface area contributed by atoms with Gasteiger partial charge in [0.2, 0.25) is 0 Å². The van der Waals surface area contributed by atoms with Gasteiger partial charge in [0, 0.05) is 18.6 Å². The minimum Gasteiger partial charge on any atom is -0.363 e. The minimum atomic E-state index is -0.0193. The number of nitrogens with one attached hydrogen (secondary N) is 1. The highest BCUT2D eigenvalue weighted by Crippen LogP contribution is 2.27. The Kier molecular flexibility index (Phi) is 3.74. The van der Waals surface area contributed by atoms with E-state index in [1.807, 2.05) is 24.3 Å². The van der Waals surface area contributed by atoms with Gasteiger partial charge in [-0.15, -0.1) is 0 Å². The summed E-state index contributed by atoms with van der Waals surface area (Å²) in [6.45, 7) is 5.83. The van der Waals surface area contributed by atoms with Crippen LogP contribution in [-0.2, 0) is 0 Å². The van der Waals surface area contributed by atoms with Crippen LogP contribution in [0.25, 0.3) is 0 Å². The van der Waals surface area contributed by atoms with Crippen LogP contribution < -0.4 is 10.2 Å². The molecule has 0 spiro atoms. The van der Waals surface area contributed by atoms with Crippen LogP contribution in [0, 0.1) is 22.7 Å². The van der Waals surface area contributed by atoms with Crippen molar-refractivity contribution in [1.29, 1.82) is 10.5 Å². The van der Waals surface area contributed by atoms with E-state index in [0.29, 0.717) is 12.0 Å². The molecule has 1 aromatic rings. The van der Waals surface area contributed by atoms with Crippen LogP contribution >= 0.6 is 0 Å². The molecule has 0 radical (unpaired) electrons. The van der Waals surface area contributed by atoms with Crippen molar-refractivity contribution >= 4 is 5.69 Å². The van der Waals surface area contributed by atoms with Crippen LogP contribution in [0.4, 0.5) is 5.69 Å². The highest BCUT2D eigenvalue weighted by atomic mass is 15.3. The molecule has 1 aliphatic rings. The molecule has 1 aliphatic heterocycles. The molecule has 1 heterocycles. The summed E-state index contributed by atoms with van der Waals surface area (Å²) in [4.78, 5) is 2.19. The number of nitrogens with zero attached hydrogens (tertiary/aromatic N) is 3. The van der Waals surface area contributed by atoms with Crippen LogP contribution in [0.1, 0.15) is 25.8 Å². The zero-order valence-corrected chi connectivity index (χ0v) is 11.3. The first kappa shape index (κ1) is 13.4. The number of anilines is 1. The lowest BCUT2D eigenvalue weighted by Crippen LogP contribution is -2.61. The van der Waals surface area contributed by atoms with Crippen LogP contribution in [0.2, 0.25) is 0 Å². The second-order valence-corrected chi connectivity index (χ2v) is 5.54. The van der Waals surface area contributed by atoms with Crippen molar-refractivity contribution in [3.63, 3.8) is 0 Å². The fraction of sp³-hybridized carbons (Fsp3) is 0.467. The van der Waals surface area contributed by atoms with Gasteiger partial charge in [0.15, 0.2) is 0 Å². The van der Waals surface area contributed by atoms with Gasteiger partial charge in [0.05, 0.1) is 29.8 Å². The Hall–Kier alpha value is -2.04. The third-order valence-corrected chi connectivity index (χ3v) is 3.48. The van der Waals surface area contributed by atoms with Crippen molar-refractivity contribution in [2.24, 2.45) is 0 Å². The lowest BCUT2D eigenvalue weighted by molar-refractivity contribution is 0.311. The lowest BCUT2D eigenvalue weighted by atomic mass is 9.96. The number of hydrogen-bond donors (Lipinski definition) is 1. The summed E-state index contributed by atoms with van der Waals surface area (Å²) in [5.41, 5.74) is 1.58. The quantitative estimate of drug-likeness (QED) is 0.877. The summed E-state index contributed by atoms with van der Waals surface area (Å²) in [7, 11) is 0. The maximum absolute atomic E-state index is 9.24. The molecular weight excluding hydrogens is 236 g/mol. The highest BCUT2D eigenvalue weighted by Gasteiger charge is 2.33. The Morgan fingerprint density at radius 1 is 1.37 bits per heavy atom. The molecule has 1 N–H and O–H groups in total. The molecule has 4 heteroatoms. The summed E-state index contributed by atoms with van der Waals surface area (Å²) in [6.07, 6.45) is 0.461. The maximum atomic E-state index is 9.24. The van der Waals surface area contributed by atoms with Crippen molar-refractivity contribution in [3.8, 4) is 12.1 Å². The fourth-order valence-corrected chi connectivity index (χ4v) is 2.50. The molecule has 1 unspecified atom stereocenters. The van der Waals surface area contributed by atoms with E-state index in [0.717, 1.165) is 18.8 Å². The molecule has 1 saturated heterocycles. The predicted octanol–water partition coefficient (Wildman–Crippen LogP) is 2.03. The number of rotatable bonds is 2. The summed E-state index contributed by atoms with van der Waals surface area (Å²) >= 11 is 0. The van der Waals surface area contributed by atoms with Crippen molar-refractivity contribution in [2.75, 3.05) is 18.0 Å². The third kappa shape index (κ3) is 2.86. The van der Waals surface area contributed by atoms with Crippen LogP contribution in [0.5, 0.6) is 0 Å². The summed E-state index contributed by atoms with van der Waals surface area (Å²) in [6, 6.07) is 12.2. The Bertz CT molecular complexity index is 536. The normalized spacial score (nSPS) is 21.5. The van der Waals surface area contributed by atoms with E-state index in [2.05, 4.69) is 36.2 Å². The maximum Gasteiger partial charge on any atom is 0.101 e. The first-order chi connectivity index (χ1) is 9.07. The monoisotopic (exact) mass is 254 g/mol. The van der Waals surface area contributed by atoms with Gasteiger partial charge in [0.25, 0.3) is 0 Å². The molecule has 0 saturated carbocycles. The molecule has 1 aromatic carbocycles. The molecule has 0 bridgehead atoms. The Balaban J connectivity index is 2.37. The Labute approximate surface area is 114 Å². The average Bonchev–Trinajstić information content (AvgIpc) is 2.40. The van der Waals surface area contributed by atoms with Gasteiger partial charge in [-0.2, -0.15) is 10.5 Å². The van der Waals surface area contributed by atoms with E-state index < -0.39 is 0 Å². The number of nitriles is 2. The second-order valence-electron chi connectivity index (χ2n) is 5.54. The summed E-state index contributed by atoms with van der Waals surface area (Å²) in [5, 5.41) is 21.7. The molecule has 1 atom stereocenters. The number of benzene rings is 1. The number of piperazine rings is 1. The standard InChI is InChI=1S/C15H18N4/c1-15(2)11-19(13(7-8-16)10-18-15)14-6-4-3-5-12(14)9-17/h3-6,13,18H,7,10-11H2,1-2H3. The van der Waals surface area contributed by atoms with Gasteiger partial charge >= 0.3 is 0 Å². The molecule has 0 aromatic heterocycles. The van der Waals surface area contributed by atoms with Crippen LogP contribution in [-0.4, -0.2) is 24.7 Å². The smallest absolute Gasteiger partial charge is 0.101 e. The molecular formula is C15H18N4. The van der Waals surface area contributed by atoms with Gasteiger partial charge in [-0.3, -0.25) is 0 Å². The van der Waals surface area contributed by atoms with Gasteiger partial charge in [-0.25, -0.2) is 0 Å². The van der Waals surface area contributed by atoms with Crippen molar-refractivity contribution < 1.29 is 0 Å². The van der Waals surface area contributed by atoms with E-state index in [-0.39, 0.29) is 11.6 Å². The second kappa shape index (κ2) is 5.30. The Morgan fingerprint density at radius 3 is 2.79 bits per heavy atom. The number of hydrogen-bond acceptors (Lipinski definition) is 4. The zero-order valence-electron chi connectivity index (χ0n) is 11.3. The van der Waals surface area contributed by atoms with E-state index >= 15 is 0 Å². The molecule has 4 nitrogen and oxygen atoms in total. The van der Waals surface area contributed by atoms with Crippen LogP contribution in [0.3, 0.4) is 0 Å². The summed E-state index contributed by atoms with van der Waals surface area (Å²) in [5.74, 6) is 0. The third-order valence-electron chi connectivity index (χ3n) is 3.48. The predicted molar refractivity (Wildman–Crippen MR) is 74.6 cm³/mol. The number of para-hydroxylation sites is 1.